The third kappa shape index (κ3) is 16.3. The van der Waals surface area contributed by atoms with Crippen LogP contribution in [0.4, 0.5) is 0 Å². The molecule has 0 atom stereocenters. The van der Waals surface area contributed by atoms with Crippen molar-refractivity contribution >= 4 is 13.2 Å². The summed E-state index contributed by atoms with van der Waals surface area (Å²) in [5.74, 6) is 7.30. The minimum atomic E-state index is -2.20. The van der Waals surface area contributed by atoms with Crippen LogP contribution in [0.3, 0.4) is 0 Å². The first-order valence-corrected chi connectivity index (χ1v) is 12.2. The fraction of sp³-hybridized carbons (Fsp3) is 0.304. The predicted octanol–water partition coefficient (Wildman–Crippen LogP) is 4.50. The Hall–Kier alpha value is -1.21. The number of benzene rings is 1. The van der Waals surface area contributed by atoms with Crippen molar-refractivity contribution in [2.75, 3.05) is 6.61 Å². The molecule has 0 aliphatic heterocycles. The third-order valence-electron chi connectivity index (χ3n) is 3.24. The Balaban J connectivity index is 0. The van der Waals surface area contributed by atoms with E-state index in [1.54, 1.807) is 0 Å². The summed E-state index contributed by atoms with van der Waals surface area (Å²) in [4.78, 5) is 0. The molecule has 0 spiro atoms. The van der Waals surface area contributed by atoms with Crippen molar-refractivity contribution in [1.29, 1.82) is 0 Å². The second kappa shape index (κ2) is 18.8. The summed E-state index contributed by atoms with van der Waals surface area (Å²) in [6.07, 6.45) is 9.09. The molecule has 1 aromatic rings. The molecule has 0 unspecified atom stereocenters. The molecule has 0 heterocycles. The Kier molecular flexibility index (Phi) is 19.4. The van der Waals surface area contributed by atoms with Crippen LogP contribution in [0.15, 0.2) is 24.3 Å². The molecule has 5 radical (unpaired) electrons. The molecular formula is C23H27MnO4Si. The van der Waals surface area contributed by atoms with Gasteiger partial charge < -0.3 is 0 Å². The van der Waals surface area contributed by atoms with Crippen LogP contribution in [-0.2, 0) is 33.7 Å². The molecule has 0 N–H and O–H groups in total. The topological polar surface area (TPSA) is 58.3 Å². The van der Waals surface area contributed by atoms with E-state index in [0.29, 0.717) is 6.61 Å². The fourth-order valence-corrected chi connectivity index (χ4v) is 3.94. The molecule has 0 amide bonds. The van der Waals surface area contributed by atoms with E-state index in [0.717, 1.165) is 16.6 Å². The average molecular weight is 450 g/mol. The van der Waals surface area contributed by atoms with E-state index in [2.05, 4.69) is 79.5 Å². The first-order valence-electron chi connectivity index (χ1n) is 8.81. The van der Waals surface area contributed by atoms with Gasteiger partial charge in [0.2, 0.25) is 0 Å². The Morgan fingerprint density at radius 3 is 1.93 bits per heavy atom. The van der Waals surface area contributed by atoms with Crippen molar-refractivity contribution in [1.82, 2.24) is 0 Å². The van der Waals surface area contributed by atoms with Gasteiger partial charge in [0, 0.05) is 0 Å². The second-order valence-electron chi connectivity index (χ2n) is 6.10. The molecule has 1 aliphatic carbocycles. The van der Waals surface area contributed by atoms with Crippen LogP contribution in [0.1, 0.15) is 31.4 Å². The molecule has 0 aromatic heterocycles. The average Bonchev–Trinajstić information content (AvgIpc) is 3.20. The summed E-state index contributed by atoms with van der Waals surface area (Å²) in [6.45, 7) is 19.6. The molecule has 1 fully saturated rings. The van der Waals surface area contributed by atoms with Crippen LogP contribution in [0.2, 0.25) is 13.1 Å². The predicted molar refractivity (Wildman–Crippen MR) is 112 cm³/mol. The van der Waals surface area contributed by atoms with Gasteiger partial charge in [0.25, 0.3) is 0 Å². The molecule has 0 bridgehead atoms. The third-order valence-corrected chi connectivity index (χ3v) is 5.45. The van der Waals surface area contributed by atoms with E-state index in [1.165, 1.54) is 11.5 Å². The standard InChI is InChI=1S/C15H20O2Si.C6H7.2CO.Mn/c1-5-6-7-12-16-18(3,4)17-13-15-10-8-14(2)9-11-15;1-6-4-2-3-5-6;2*1-2;/h8-11H,5,12H2,1-4H3;2-5H,1H3;;;. The Morgan fingerprint density at radius 1 is 1.00 bits per heavy atom. The van der Waals surface area contributed by atoms with Gasteiger partial charge in [-0.1, -0.05) is 6.92 Å². The SMILES string of the molecule is CCC#CCO[Si](C)(C)O[C](=[Mn])c1ccc(C)cc1.C[C]1[CH][CH][CH][CH]1.[C-]#[O+].[C-]#[O+]. The Morgan fingerprint density at radius 2 is 1.52 bits per heavy atom. The number of rotatable bonds is 5. The molecule has 6 heteroatoms. The number of hydrogen-bond donors (Lipinski definition) is 0. The van der Waals surface area contributed by atoms with E-state index < -0.39 is 8.56 Å². The molecule has 1 saturated carbocycles. The maximum atomic E-state index is 7.50. The van der Waals surface area contributed by atoms with Gasteiger partial charge in [0.1, 0.15) is 0 Å². The quantitative estimate of drug-likeness (QED) is 0.287. The van der Waals surface area contributed by atoms with Crippen LogP contribution < -0.4 is 0 Å². The van der Waals surface area contributed by atoms with Gasteiger partial charge in [-0.25, -0.2) is 0 Å². The number of aryl methyl sites for hydroxylation is 1. The molecule has 0 saturated heterocycles. The van der Waals surface area contributed by atoms with Gasteiger partial charge in [0.05, 0.1) is 0 Å². The van der Waals surface area contributed by atoms with Crippen molar-refractivity contribution in [2.45, 2.75) is 40.3 Å². The summed E-state index contributed by atoms with van der Waals surface area (Å²) in [7, 11) is -2.20. The fourth-order valence-electron chi connectivity index (χ4n) is 1.84. The second-order valence-corrected chi connectivity index (χ2v) is 9.93. The summed E-state index contributed by atoms with van der Waals surface area (Å²) in [6, 6.07) is 8.17. The van der Waals surface area contributed by atoms with Gasteiger partial charge >= 0.3 is 147 Å². The van der Waals surface area contributed by atoms with E-state index in [-0.39, 0.29) is 0 Å². The molecule has 2 rings (SSSR count). The zero-order valence-electron chi connectivity index (χ0n) is 17.5. The maximum absolute atomic E-state index is 7.50. The molecule has 1 aliphatic rings. The van der Waals surface area contributed by atoms with Crippen LogP contribution in [-0.4, -0.2) is 19.8 Å². The zero-order chi connectivity index (χ0) is 22.7. The Labute approximate surface area is 185 Å². The number of hydrogen-bond acceptors (Lipinski definition) is 2. The summed E-state index contributed by atoms with van der Waals surface area (Å²) in [5.41, 5.74) is 2.25. The molecule has 1 aromatic carbocycles. The normalized spacial score (nSPS) is 12.4. The summed E-state index contributed by atoms with van der Waals surface area (Å²) >= 11 is 3.48. The van der Waals surface area contributed by atoms with Gasteiger partial charge in [-0.3, -0.25) is 0 Å². The Bertz CT molecular complexity index is 657. The van der Waals surface area contributed by atoms with E-state index in [4.69, 9.17) is 18.2 Å². The molecular weight excluding hydrogens is 423 g/mol. The zero-order valence-corrected chi connectivity index (χ0v) is 19.7. The first-order chi connectivity index (χ1) is 13.8. The van der Waals surface area contributed by atoms with Crippen molar-refractivity contribution in [3.8, 4) is 11.8 Å². The van der Waals surface area contributed by atoms with Gasteiger partial charge in [0.15, 0.2) is 0 Å². The van der Waals surface area contributed by atoms with Crippen molar-refractivity contribution in [3.05, 3.63) is 80.3 Å². The van der Waals surface area contributed by atoms with Gasteiger partial charge in [-0.15, -0.1) is 0 Å². The van der Waals surface area contributed by atoms with Crippen molar-refractivity contribution in [3.63, 3.8) is 0 Å². The van der Waals surface area contributed by atoms with Gasteiger partial charge in [-0.2, -0.15) is 0 Å². The summed E-state index contributed by atoms with van der Waals surface area (Å²) < 4.78 is 27.4. The van der Waals surface area contributed by atoms with E-state index in [9.17, 15) is 0 Å². The van der Waals surface area contributed by atoms with Gasteiger partial charge in [-0.05, 0) is 31.6 Å². The minimum absolute atomic E-state index is 0.432. The molecule has 29 heavy (non-hydrogen) atoms. The molecule has 154 valence electrons. The summed E-state index contributed by atoms with van der Waals surface area (Å²) in [5, 5.41) is 0. The van der Waals surface area contributed by atoms with Crippen LogP contribution in [0, 0.1) is 63.7 Å². The van der Waals surface area contributed by atoms with E-state index >= 15 is 0 Å². The van der Waals surface area contributed by atoms with E-state index in [1.807, 2.05) is 45.0 Å². The van der Waals surface area contributed by atoms with Crippen molar-refractivity contribution < 1.29 is 33.7 Å². The van der Waals surface area contributed by atoms with Crippen LogP contribution >= 0.6 is 0 Å². The monoisotopic (exact) mass is 450 g/mol. The first kappa shape index (κ1) is 30.0. The van der Waals surface area contributed by atoms with Crippen LogP contribution in [0.25, 0.3) is 0 Å². The molecule has 4 nitrogen and oxygen atoms in total. The van der Waals surface area contributed by atoms with Crippen molar-refractivity contribution in [2.24, 2.45) is 0 Å². The van der Waals surface area contributed by atoms with Crippen LogP contribution in [0.5, 0.6) is 0 Å².